The Kier molecular flexibility index (Phi) is 4.24. The summed E-state index contributed by atoms with van der Waals surface area (Å²) < 4.78 is 26.9. The Morgan fingerprint density at radius 1 is 1.19 bits per heavy atom. The molecule has 0 unspecified atom stereocenters. The Labute approximate surface area is 127 Å². The smallest absolute Gasteiger partial charge is 0.251 e. The Balaban J connectivity index is 1.65. The Morgan fingerprint density at radius 2 is 1.86 bits per heavy atom. The molecule has 0 saturated carbocycles. The summed E-state index contributed by atoms with van der Waals surface area (Å²) in [5.41, 5.74) is 2.29. The van der Waals surface area contributed by atoms with E-state index in [4.69, 9.17) is 0 Å². The molecule has 2 aromatic rings. The maximum Gasteiger partial charge on any atom is 0.251 e. The summed E-state index contributed by atoms with van der Waals surface area (Å²) in [6.07, 6.45) is -0.107. The first kappa shape index (κ1) is 14.9. The third-order valence-electron chi connectivity index (χ3n) is 3.98. The zero-order chi connectivity index (χ0) is 15.0. The van der Waals surface area contributed by atoms with E-state index in [1.807, 2.05) is 11.8 Å². The lowest BCUT2D eigenvalue weighted by Crippen LogP contribution is -2.47. The average Bonchev–Trinajstić information content (AvgIpc) is 2.89. The highest BCUT2D eigenvalue weighted by Gasteiger charge is 2.21. The minimum Gasteiger partial charge on any atom is -0.295 e. The Bertz CT molecular complexity index is 614. The molecule has 21 heavy (non-hydrogen) atoms. The van der Waals surface area contributed by atoms with Crippen molar-refractivity contribution in [3.63, 3.8) is 0 Å². The number of piperazine rings is 1. The van der Waals surface area contributed by atoms with Crippen molar-refractivity contribution in [3.05, 3.63) is 22.5 Å². The highest BCUT2D eigenvalue weighted by Crippen LogP contribution is 2.22. The molecule has 3 rings (SSSR count). The summed E-state index contributed by atoms with van der Waals surface area (Å²) in [5, 5.41) is 0. The molecule has 0 radical (unpaired) electrons. The van der Waals surface area contributed by atoms with E-state index in [1.54, 1.807) is 11.3 Å². The maximum atomic E-state index is 12.4. The number of rotatable bonds is 4. The van der Waals surface area contributed by atoms with Gasteiger partial charge in [0.25, 0.3) is 6.43 Å². The van der Waals surface area contributed by atoms with Crippen LogP contribution in [0, 0.1) is 13.8 Å². The number of hydrogen-bond acceptors (Lipinski definition) is 4. The van der Waals surface area contributed by atoms with Gasteiger partial charge in [0.05, 0.1) is 17.9 Å². The van der Waals surface area contributed by atoms with Crippen LogP contribution in [0.4, 0.5) is 8.78 Å². The van der Waals surface area contributed by atoms with Crippen molar-refractivity contribution in [2.75, 3.05) is 32.7 Å². The molecule has 3 heterocycles. The molecular weight excluding hydrogens is 294 g/mol. The standard InChI is InChI=1S/C14H20F2N4S/c1-10-7-20-12(11(2)17-14(20)21-10)8-18-3-5-19(6-4-18)9-13(15)16/h7,13H,3-6,8-9H2,1-2H3. The minimum absolute atomic E-state index is 0.104. The summed E-state index contributed by atoms with van der Waals surface area (Å²) in [4.78, 5) is 11.1. The van der Waals surface area contributed by atoms with Crippen molar-refractivity contribution in [2.24, 2.45) is 0 Å². The highest BCUT2D eigenvalue weighted by molar-refractivity contribution is 7.17. The molecule has 0 spiro atoms. The number of nitrogens with zero attached hydrogens (tertiary/aromatic N) is 4. The van der Waals surface area contributed by atoms with Gasteiger partial charge in [-0.25, -0.2) is 13.8 Å². The van der Waals surface area contributed by atoms with Crippen molar-refractivity contribution in [2.45, 2.75) is 26.8 Å². The normalized spacial score (nSPS) is 18.1. The van der Waals surface area contributed by atoms with Crippen LogP contribution in [-0.2, 0) is 6.54 Å². The number of aryl methyl sites for hydroxylation is 2. The molecule has 116 valence electrons. The molecule has 0 atom stereocenters. The topological polar surface area (TPSA) is 23.8 Å². The first-order valence-corrected chi connectivity index (χ1v) is 8.01. The number of fused-ring (bicyclic) bond motifs is 1. The van der Waals surface area contributed by atoms with Crippen LogP contribution in [0.5, 0.6) is 0 Å². The van der Waals surface area contributed by atoms with Crippen molar-refractivity contribution < 1.29 is 8.78 Å². The predicted molar refractivity (Wildman–Crippen MR) is 80.3 cm³/mol. The van der Waals surface area contributed by atoms with E-state index in [2.05, 4.69) is 27.4 Å². The first-order valence-electron chi connectivity index (χ1n) is 7.20. The minimum atomic E-state index is -2.23. The van der Waals surface area contributed by atoms with Gasteiger partial charge in [0, 0.05) is 43.8 Å². The number of halogens is 2. The molecule has 0 aromatic carbocycles. The lowest BCUT2D eigenvalue weighted by atomic mass is 10.2. The molecule has 0 amide bonds. The van der Waals surface area contributed by atoms with Crippen molar-refractivity contribution in [1.82, 2.24) is 19.2 Å². The van der Waals surface area contributed by atoms with E-state index in [9.17, 15) is 8.78 Å². The van der Waals surface area contributed by atoms with Crippen LogP contribution in [0.1, 0.15) is 16.3 Å². The first-order chi connectivity index (χ1) is 10.0. The van der Waals surface area contributed by atoms with Crippen molar-refractivity contribution >= 4 is 16.3 Å². The quantitative estimate of drug-likeness (QED) is 0.866. The largest absolute Gasteiger partial charge is 0.295 e. The predicted octanol–water partition coefficient (Wildman–Crippen LogP) is 2.40. The van der Waals surface area contributed by atoms with Crippen molar-refractivity contribution in [1.29, 1.82) is 0 Å². The molecule has 0 N–H and O–H groups in total. The van der Waals surface area contributed by atoms with Gasteiger partial charge in [0.2, 0.25) is 0 Å². The zero-order valence-electron chi connectivity index (χ0n) is 12.4. The second-order valence-electron chi connectivity index (χ2n) is 5.61. The number of hydrogen-bond donors (Lipinski definition) is 0. The number of aromatic nitrogens is 2. The lowest BCUT2D eigenvalue weighted by Gasteiger charge is -2.34. The number of alkyl halides is 2. The summed E-state index contributed by atoms with van der Waals surface area (Å²) in [7, 11) is 0. The van der Waals surface area contributed by atoms with Gasteiger partial charge in [0.1, 0.15) is 0 Å². The van der Waals surface area contributed by atoms with Crippen LogP contribution in [0.2, 0.25) is 0 Å². The van der Waals surface area contributed by atoms with Gasteiger partial charge in [-0.2, -0.15) is 0 Å². The number of imidazole rings is 1. The van der Waals surface area contributed by atoms with E-state index in [0.717, 1.165) is 30.3 Å². The number of thiazole rings is 1. The van der Waals surface area contributed by atoms with Gasteiger partial charge in [-0.15, -0.1) is 11.3 Å². The molecule has 0 bridgehead atoms. The zero-order valence-corrected chi connectivity index (χ0v) is 13.2. The molecule has 2 aromatic heterocycles. The fourth-order valence-electron chi connectivity index (χ4n) is 2.84. The maximum absolute atomic E-state index is 12.4. The summed E-state index contributed by atoms with van der Waals surface area (Å²) in [6, 6.07) is 0. The van der Waals surface area contributed by atoms with Gasteiger partial charge in [-0.1, -0.05) is 0 Å². The monoisotopic (exact) mass is 314 g/mol. The molecular formula is C14H20F2N4S. The molecule has 7 heteroatoms. The molecule has 1 saturated heterocycles. The Morgan fingerprint density at radius 3 is 2.52 bits per heavy atom. The molecule has 1 aliphatic rings. The van der Waals surface area contributed by atoms with E-state index in [1.165, 1.54) is 10.6 Å². The second-order valence-corrected chi connectivity index (χ2v) is 6.82. The Hall–Kier alpha value is -1.05. The molecule has 1 aliphatic heterocycles. The third kappa shape index (κ3) is 3.25. The SMILES string of the molecule is Cc1cn2c(CN3CCN(CC(F)F)CC3)c(C)nc2s1. The van der Waals surface area contributed by atoms with Crippen LogP contribution in [0.25, 0.3) is 4.96 Å². The van der Waals surface area contributed by atoms with Gasteiger partial charge in [-0.05, 0) is 13.8 Å². The van der Waals surface area contributed by atoms with Crippen molar-refractivity contribution in [3.8, 4) is 0 Å². The van der Waals surface area contributed by atoms with E-state index in [0.29, 0.717) is 13.1 Å². The van der Waals surface area contributed by atoms with Crippen LogP contribution in [0.3, 0.4) is 0 Å². The van der Waals surface area contributed by atoms with E-state index >= 15 is 0 Å². The van der Waals surface area contributed by atoms with Crippen LogP contribution >= 0.6 is 11.3 Å². The van der Waals surface area contributed by atoms with E-state index < -0.39 is 6.43 Å². The molecule has 0 aliphatic carbocycles. The summed E-state index contributed by atoms with van der Waals surface area (Å²) >= 11 is 1.70. The van der Waals surface area contributed by atoms with Gasteiger partial charge in [-0.3, -0.25) is 14.2 Å². The van der Waals surface area contributed by atoms with E-state index in [-0.39, 0.29) is 6.54 Å². The van der Waals surface area contributed by atoms with Crippen LogP contribution in [-0.4, -0.2) is 58.3 Å². The fraction of sp³-hybridized carbons (Fsp3) is 0.643. The fourth-order valence-corrected chi connectivity index (χ4v) is 3.73. The summed E-state index contributed by atoms with van der Waals surface area (Å²) in [5.74, 6) is 0. The van der Waals surface area contributed by atoms with Gasteiger partial charge in [0.15, 0.2) is 4.96 Å². The van der Waals surface area contributed by atoms with Gasteiger partial charge < -0.3 is 0 Å². The van der Waals surface area contributed by atoms with Crippen LogP contribution in [0.15, 0.2) is 6.20 Å². The second kappa shape index (κ2) is 5.98. The highest BCUT2D eigenvalue weighted by atomic mass is 32.1. The van der Waals surface area contributed by atoms with Crippen LogP contribution < -0.4 is 0 Å². The average molecular weight is 314 g/mol. The molecule has 1 fully saturated rings. The lowest BCUT2D eigenvalue weighted by molar-refractivity contribution is 0.0539. The van der Waals surface area contributed by atoms with Gasteiger partial charge >= 0.3 is 0 Å². The summed E-state index contributed by atoms with van der Waals surface area (Å²) in [6.45, 7) is 7.96. The third-order valence-corrected chi connectivity index (χ3v) is 4.87. The molecule has 4 nitrogen and oxygen atoms in total.